The van der Waals surface area contributed by atoms with Crippen LogP contribution in [0.25, 0.3) is 0 Å². The lowest BCUT2D eigenvalue weighted by atomic mass is 9.95. The fraction of sp³-hybridized carbons (Fsp3) is 0.471. The van der Waals surface area contributed by atoms with Crippen molar-refractivity contribution in [2.45, 2.75) is 47.0 Å². The van der Waals surface area contributed by atoms with Crippen LogP contribution in [0.4, 0.5) is 0 Å². The molecule has 0 atom stereocenters. The normalized spacial score (nSPS) is 10.4. The molecular formula is C17H24O2. The number of carbonyl (C=O) groups is 1. The number of allylic oxidation sites excluding steroid dienone is 1. The molecule has 2 heteroatoms. The summed E-state index contributed by atoms with van der Waals surface area (Å²) in [5.74, 6) is 0.292. The van der Waals surface area contributed by atoms with E-state index in [0.717, 1.165) is 12.0 Å². The van der Waals surface area contributed by atoms with E-state index in [2.05, 4.69) is 39.0 Å². The highest BCUT2D eigenvalue weighted by Gasteiger charge is 2.05. The number of carbonyl (C=O) groups excluding carboxylic acids is 1. The number of hydrogen-bond acceptors (Lipinski definition) is 2. The van der Waals surface area contributed by atoms with Gasteiger partial charge in [0.2, 0.25) is 0 Å². The second-order valence-corrected chi connectivity index (χ2v) is 5.48. The third-order valence-corrected chi connectivity index (χ3v) is 3.00. The summed E-state index contributed by atoms with van der Waals surface area (Å²) in [7, 11) is 0. The average Bonchev–Trinajstić information content (AvgIpc) is 2.27. The molecule has 0 radical (unpaired) electrons. The highest BCUT2D eigenvalue weighted by Crippen LogP contribution is 2.20. The zero-order valence-electron chi connectivity index (χ0n) is 12.6. The molecule has 0 aromatic heterocycles. The Morgan fingerprint density at radius 2 is 2.00 bits per heavy atom. The van der Waals surface area contributed by atoms with Crippen molar-refractivity contribution in [1.82, 2.24) is 0 Å². The van der Waals surface area contributed by atoms with E-state index in [1.807, 2.05) is 13.8 Å². The molecule has 0 saturated heterocycles. The molecule has 0 aliphatic heterocycles. The van der Waals surface area contributed by atoms with Crippen LogP contribution < -0.4 is 0 Å². The van der Waals surface area contributed by atoms with Crippen LogP contribution in [-0.4, -0.2) is 12.6 Å². The Morgan fingerprint density at radius 3 is 2.53 bits per heavy atom. The summed E-state index contributed by atoms with van der Waals surface area (Å²) >= 11 is 0. The minimum atomic E-state index is -0.254. The molecule has 19 heavy (non-hydrogen) atoms. The SMILES string of the molecule is CC(C)=CC(=O)OCCc1ccc(C(C)C)c(C)c1. The zero-order valence-corrected chi connectivity index (χ0v) is 12.6. The first-order valence-corrected chi connectivity index (χ1v) is 6.81. The fourth-order valence-electron chi connectivity index (χ4n) is 2.09. The van der Waals surface area contributed by atoms with Gasteiger partial charge in [0.15, 0.2) is 0 Å². The summed E-state index contributed by atoms with van der Waals surface area (Å²) in [5, 5.41) is 0. The molecule has 0 saturated carbocycles. The molecular weight excluding hydrogens is 236 g/mol. The Balaban J connectivity index is 2.53. The van der Waals surface area contributed by atoms with Crippen molar-refractivity contribution < 1.29 is 9.53 Å². The summed E-state index contributed by atoms with van der Waals surface area (Å²) in [6.45, 7) is 10.7. The topological polar surface area (TPSA) is 26.3 Å². The van der Waals surface area contributed by atoms with E-state index in [1.54, 1.807) is 0 Å². The molecule has 1 aromatic rings. The van der Waals surface area contributed by atoms with Gasteiger partial charge in [0.05, 0.1) is 6.61 Å². The summed E-state index contributed by atoms with van der Waals surface area (Å²) in [4.78, 5) is 11.4. The summed E-state index contributed by atoms with van der Waals surface area (Å²) in [6, 6.07) is 6.48. The van der Waals surface area contributed by atoms with Gasteiger partial charge < -0.3 is 4.74 Å². The standard InChI is InChI=1S/C17H24O2/c1-12(2)10-17(18)19-9-8-15-6-7-16(13(3)4)14(5)11-15/h6-7,10-11,13H,8-9H2,1-5H3. The highest BCUT2D eigenvalue weighted by atomic mass is 16.5. The van der Waals surface area contributed by atoms with Gasteiger partial charge in [0.25, 0.3) is 0 Å². The number of esters is 1. The molecule has 0 fully saturated rings. The van der Waals surface area contributed by atoms with E-state index >= 15 is 0 Å². The van der Waals surface area contributed by atoms with E-state index in [4.69, 9.17) is 4.74 Å². The molecule has 1 aromatic carbocycles. The van der Waals surface area contributed by atoms with Crippen molar-refractivity contribution in [3.8, 4) is 0 Å². The van der Waals surface area contributed by atoms with Gasteiger partial charge in [0.1, 0.15) is 0 Å². The Hall–Kier alpha value is -1.57. The summed E-state index contributed by atoms with van der Waals surface area (Å²) in [5.41, 5.74) is 4.86. The molecule has 0 unspecified atom stereocenters. The average molecular weight is 260 g/mol. The number of ether oxygens (including phenoxy) is 1. The van der Waals surface area contributed by atoms with E-state index in [-0.39, 0.29) is 5.97 Å². The van der Waals surface area contributed by atoms with Crippen LogP contribution in [0.3, 0.4) is 0 Å². The van der Waals surface area contributed by atoms with Gasteiger partial charge in [-0.15, -0.1) is 0 Å². The second kappa shape index (κ2) is 7.13. The van der Waals surface area contributed by atoms with E-state index in [9.17, 15) is 4.79 Å². The van der Waals surface area contributed by atoms with Gasteiger partial charge in [-0.3, -0.25) is 0 Å². The monoisotopic (exact) mass is 260 g/mol. The van der Waals surface area contributed by atoms with Crippen LogP contribution in [-0.2, 0) is 16.0 Å². The minimum absolute atomic E-state index is 0.254. The maximum Gasteiger partial charge on any atom is 0.330 e. The van der Waals surface area contributed by atoms with Gasteiger partial charge in [-0.25, -0.2) is 4.79 Å². The smallest absolute Gasteiger partial charge is 0.330 e. The van der Waals surface area contributed by atoms with Crippen LogP contribution in [0.5, 0.6) is 0 Å². The molecule has 0 bridgehead atoms. The first-order valence-electron chi connectivity index (χ1n) is 6.81. The number of rotatable bonds is 5. The van der Waals surface area contributed by atoms with Crippen LogP contribution >= 0.6 is 0 Å². The summed E-state index contributed by atoms with van der Waals surface area (Å²) < 4.78 is 5.16. The van der Waals surface area contributed by atoms with Gasteiger partial charge in [0, 0.05) is 12.5 Å². The Bertz CT molecular complexity index is 466. The van der Waals surface area contributed by atoms with Crippen molar-refractivity contribution in [3.05, 3.63) is 46.5 Å². The van der Waals surface area contributed by atoms with Gasteiger partial charge >= 0.3 is 5.97 Å². The Kier molecular flexibility index (Phi) is 5.81. The van der Waals surface area contributed by atoms with Crippen LogP contribution in [0.2, 0.25) is 0 Å². The molecule has 0 spiro atoms. The van der Waals surface area contributed by atoms with Crippen LogP contribution in [0.1, 0.15) is 50.3 Å². The minimum Gasteiger partial charge on any atom is -0.462 e. The van der Waals surface area contributed by atoms with Gasteiger partial charge in [-0.1, -0.05) is 37.6 Å². The predicted octanol–water partition coefficient (Wildman–Crippen LogP) is 4.17. The molecule has 0 aliphatic rings. The number of benzene rings is 1. The third kappa shape index (κ3) is 5.29. The molecule has 0 N–H and O–H groups in total. The molecule has 0 amide bonds. The largest absolute Gasteiger partial charge is 0.462 e. The maximum absolute atomic E-state index is 11.4. The Labute approximate surface area is 116 Å². The maximum atomic E-state index is 11.4. The first kappa shape index (κ1) is 15.5. The first-order chi connectivity index (χ1) is 8.90. The van der Waals surface area contributed by atoms with E-state index < -0.39 is 0 Å². The number of aryl methyl sites for hydroxylation is 1. The molecule has 104 valence electrons. The number of hydrogen-bond donors (Lipinski definition) is 0. The van der Waals surface area contributed by atoms with E-state index in [0.29, 0.717) is 12.5 Å². The lowest BCUT2D eigenvalue weighted by Crippen LogP contribution is -2.05. The van der Waals surface area contributed by atoms with Crippen LogP contribution in [0.15, 0.2) is 29.8 Å². The highest BCUT2D eigenvalue weighted by molar-refractivity contribution is 5.82. The summed E-state index contributed by atoms with van der Waals surface area (Å²) in [6.07, 6.45) is 2.29. The molecule has 0 aliphatic carbocycles. The van der Waals surface area contributed by atoms with Gasteiger partial charge in [-0.2, -0.15) is 0 Å². The van der Waals surface area contributed by atoms with Crippen molar-refractivity contribution in [2.75, 3.05) is 6.61 Å². The molecule has 0 heterocycles. The Morgan fingerprint density at radius 1 is 1.32 bits per heavy atom. The van der Waals surface area contributed by atoms with Crippen molar-refractivity contribution in [2.24, 2.45) is 0 Å². The van der Waals surface area contributed by atoms with Gasteiger partial charge in [-0.05, 0) is 43.4 Å². The zero-order chi connectivity index (χ0) is 14.4. The third-order valence-electron chi connectivity index (χ3n) is 3.00. The quantitative estimate of drug-likeness (QED) is 0.586. The van der Waals surface area contributed by atoms with E-state index in [1.165, 1.54) is 22.8 Å². The fourth-order valence-corrected chi connectivity index (χ4v) is 2.09. The van der Waals surface area contributed by atoms with Crippen molar-refractivity contribution in [1.29, 1.82) is 0 Å². The molecule has 2 nitrogen and oxygen atoms in total. The van der Waals surface area contributed by atoms with Crippen molar-refractivity contribution in [3.63, 3.8) is 0 Å². The lowest BCUT2D eigenvalue weighted by Gasteiger charge is -2.11. The predicted molar refractivity (Wildman–Crippen MR) is 79.4 cm³/mol. The lowest BCUT2D eigenvalue weighted by molar-refractivity contribution is -0.137. The second-order valence-electron chi connectivity index (χ2n) is 5.48. The van der Waals surface area contributed by atoms with Crippen LogP contribution in [0, 0.1) is 6.92 Å². The molecule has 1 rings (SSSR count). The van der Waals surface area contributed by atoms with Crippen molar-refractivity contribution >= 4 is 5.97 Å².